The number of nitrogens with zero attached hydrogens (tertiary/aromatic N) is 1. The fourth-order valence-corrected chi connectivity index (χ4v) is 7.61. The summed E-state index contributed by atoms with van der Waals surface area (Å²) in [6.45, 7) is 4.78. The minimum atomic E-state index is -0.0150. The summed E-state index contributed by atoms with van der Waals surface area (Å²) in [4.78, 5) is 26.8. The van der Waals surface area contributed by atoms with Crippen LogP contribution in [0.2, 0.25) is 0 Å². The van der Waals surface area contributed by atoms with E-state index in [1.165, 1.54) is 25.5 Å². The van der Waals surface area contributed by atoms with Gasteiger partial charge in [-0.05, 0) is 73.8 Å². The van der Waals surface area contributed by atoms with Gasteiger partial charge in [-0.25, -0.2) is 0 Å². The van der Waals surface area contributed by atoms with Gasteiger partial charge in [0.2, 0.25) is 5.91 Å². The predicted octanol–water partition coefficient (Wildman–Crippen LogP) is 4.02. The SMILES string of the molecule is CN1C(=O)C=C[C@]2(C)[C@H]3CC[C@]4(C)[C@@H](NC(=O)c5ccoc5)CC[C@H]4[C@@H]3CC[C@@H]12. The molecular weight excluding hydrogens is 364 g/mol. The summed E-state index contributed by atoms with van der Waals surface area (Å²) in [5, 5.41) is 3.33. The van der Waals surface area contributed by atoms with Crippen LogP contribution in [0.4, 0.5) is 0 Å². The van der Waals surface area contributed by atoms with Crippen LogP contribution in [0.1, 0.15) is 62.7 Å². The van der Waals surface area contributed by atoms with Gasteiger partial charge in [0, 0.05) is 24.5 Å². The van der Waals surface area contributed by atoms with Crippen molar-refractivity contribution in [1.29, 1.82) is 0 Å². The van der Waals surface area contributed by atoms with Gasteiger partial charge in [-0.2, -0.15) is 0 Å². The van der Waals surface area contributed by atoms with Crippen LogP contribution >= 0.6 is 0 Å². The van der Waals surface area contributed by atoms with Gasteiger partial charge in [0.05, 0.1) is 11.8 Å². The Morgan fingerprint density at radius 3 is 2.76 bits per heavy atom. The van der Waals surface area contributed by atoms with Crippen molar-refractivity contribution in [2.45, 2.75) is 64.5 Å². The van der Waals surface area contributed by atoms with E-state index in [0.29, 0.717) is 29.4 Å². The molecule has 0 bridgehead atoms. The summed E-state index contributed by atoms with van der Waals surface area (Å²) in [7, 11) is 1.97. The van der Waals surface area contributed by atoms with Crippen molar-refractivity contribution in [3.63, 3.8) is 0 Å². The van der Waals surface area contributed by atoms with Gasteiger partial charge in [0.1, 0.15) is 6.26 Å². The minimum absolute atomic E-state index is 0.0150. The Bertz CT molecular complexity index is 846. The Labute approximate surface area is 172 Å². The van der Waals surface area contributed by atoms with Crippen molar-refractivity contribution in [3.05, 3.63) is 36.3 Å². The second-order valence-electron chi connectivity index (χ2n) is 10.3. The highest BCUT2D eigenvalue weighted by Gasteiger charge is 2.60. The van der Waals surface area contributed by atoms with Gasteiger partial charge >= 0.3 is 0 Å². The molecule has 5 rings (SSSR count). The van der Waals surface area contributed by atoms with Crippen LogP contribution in [0.15, 0.2) is 35.2 Å². The Hall–Kier alpha value is -2.04. The van der Waals surface area contributed by atoms with E-state index in [1.54, 1.807) is 18.4 Å². The Morgan fingerprint density at radius 2 is 2.00 bits per heavy atom. The van der Waals surface area contributed by atoms with Crippen LogP contribution in [0.5, 0.6) is 0 Å². The number of fused-ring (bicyclic) bond motifs is 5. The number of nitrogens with one attached hydrogen (secondary N) is 1. The molecule has 0 spiro atoms. The molecule has 3 aliphatic carbocycles. The Kier molecular flexibility index (Phi) is 4.24. The zero-order valence-corrected chi connectivity index (χ0v) is 17.7. The molecule has 1 aromatic heterocycles. The van der Waals surface area contributed by atoms with Crippen LogP contribution in [0, 0.1) is 28.6 Å². The van der Waals surface area contributed by atoms with E-state index in [0.717, 1.165) is 19.3 Å². The van der Waals surface area contributed by atoms with Crippen LogP contribution in [-0.4, -0.2) is 35.8 Å². The maximum absolute atomic E-state index is 12.6. The fourth-order valence-electron chi connectivity index (χ4n) is 7.61. The van der Waals surface area contributed by atoms with E-state index in [9.17, 15) is 9.59 Å². The van der Waals surface area contributed by atoms with Crippen LogP contribution in [0.25, 0.3) is 0 Å². The summed E-state index contributed by atoms with van der Waals surface area (Å²) in [5.41, 5.74) is 0.841. The van der Waals surface area contributed by atoms with Gasteiger partial charge in [-0.15, -0.1) is 0 Å². The normalized spacial score (nSPS) is 43.5. The van der Waals surface area contributed by atoms with Crippen LogP contribution in [-0.2, 0) is 4.79 Å². The molecule has 1 aromatic rings. The Balaban J connectivity index is 1.38. The zero-order valence-electron chi connectivity index (χ0n) is 17.7. The van der Waals surface area contributed by atoms with E-state index in [-0.39, 0.29) is 28.7 Å². The molecule has 3 saturated carbocycles. The molecule has 3 fully saturated rings. The largest absolute Gasteiger partial charge is 0.472 e. The predicted molar refractivity (Wildman–Crippen MR) is 110 cm³/mol. The zero-order chi connectivity index (χ0) is 20.4. The second kappa shape index (κ2) is 6.48. The summed E-state index contributed by atoms with van der Waals surface area (Å²) < 4.78 is 5.08. The summed E-state index contributed by atoms with van der Waals surface area (Å²) >= 11 is 0. The van der Waals surface area contributed by atoms with Gasteiger partial charge in [-0.3, -0.25) is 9.59 Å². The molecule has 4 aliphatic rings. The lowest BCUT2D eigenvalue weighted by atomic mass is 9.48. The van der Waals surface area contributed by atoms with Gasteiger partial charge < -0.3 is 14.6 Å². The standard InChI is InChI=1S/C24H32N2O3/c1-23-11-8-18-16(4-7-20-24(18,2)12-9-21(27)26(20)3)17(23)5-6-19(23)25-22(28)15-10-13-29-14-15/h9-10,12-14,16-20H,4-8,11H2,1-3H3,(H,25,28)/t16-,17-,18-,19-,20+,23-,24+/m0/s1. The number of hydrogen-bond donors (Lipinski definition) is 1. The molecular formula is C24H32N2O3. The first-order valence-corrected chi connectivity index (χ1v) is 11.1. The van der Waals surface area contributed by atoms with Gasteiger partial charge in [0.25, 0.3) is 5.91 Å². The third-order valence-electron chi connectivity index (χ3n) is 9.22. The molecule has 156 valence electrons. The molecule has 1 aliphatic heterocycles. The average molecular weight is 397 g/mol. The lowest BCUT2D eigenvalue weighted by Crippen LogP contribution is -2.60. The van der Waals surface area contributed by atoms with Gasteiger partial charge in [-0.1, -0.05) is 19.9 Å². The molecule has 1 N–H and O–H groups in total. The first-order chi connectivity index (χ1) is 13.8. The highest BCUT2D eigenvalue weighted by molar-refractivity contribution is 5.94. The van der Waals surface area contributed by atoms with E-state index in [4.69, 9.17) is 4.42 Å². The molecule has 7 atom stereocenters. The number of rotatable bonds is 2. The highest BCUT2D eigenvalue weighted by Crippen LogP contribution is 2.63. The van der Waals surface area contributed by atoms with Crippen molar-refractivity contribution >= 4 is 11.8 Å². The van der Waals surface area contributed by atoms with Crippen molar-refractivity contribution < 1.29 is 14.0 Å². The molecule has 0 unspecified atom stereocenters. The van der Waals surface area contributed by atoms with Crippen molar-refractivity contribution in [2.24, 2.45) is 28.6 Å². The van der Waals surface area contributed by atoms with E-state index in [1.807, 2.05) is 11.9 Å². The summed E-state index contributed by atoms with van der Waals surface area (Å²) in [6, 6.07) is 2.28. The number of furan rings is 1. The molecule has 0 aromatic carbocycles. The number of amides is 2. The summed E-state index contributed by atoms with van der Waals surface area (Å²) in [6.07, 6.45) is 14.0. The smallest absolute Gasteiger partial charge is 0.254 e. The van der Waals surface area contributed by atoms with E-state index >= 15 is 0 Å². The number of hydrogen-bond acceptors (Lipinski definition) is 3. The topological polar surface area (TPSA) is 62.6 Å². The quantitative estimate of drug-likeness (QED) is 0.821. The Morgan fingerprint density at radius 1 is 1.17 bits per heavy atom. The average Bonchev–Trinajstić information content (AvgIpc) is 3.34. The maximum atomic E-state index is 12.6. The van der Waals surface area contributed by atoms with Crippen LogP contribution in [0.3, 0.4) is 0 Å². The van der Waals surface area contributed by atoms with Crippen molar-refractivity contribution in [1.82, 2.24) is 10.2 Å². The lowest BCUT2D eigenvalue weighted by Gasteiger charge is -2.60. The third kappa shape index (κ3) is 2.65. The minimum Gasteiger partial charge on any atom is -0.472 e. The molecule has 0 radical (unpaired) electrons. The highest BCUT2D eigenvalue weighted by atomic mass is 16.3. The molecule has 0 saturated heterocycles. The second-order valence-corrected chi connectivity index (χ2v) is 10.3. The molecule has 2 heterocycles. The maximum Gasteiger partial charge on any atom is 0.254 e. The summed E-state index contributed by atoms with van der Waals surface area (Å²) in [5.74, 6) is 2.07. The van der Waals surface area contributed by atoms with Crippen molar-refractivity contribution in [2.75, 3.05) is 7.05 Å². The first-order valence-electron chi connectivity index (χ1n) is 11.1. The molecule has 29 heavy (non-hydrogen) atoms. The third-order valence-corrected chi connectivity index (χ3v) is 9.22. The number of carbonyl (C=O) groups is 2. The fraction of sp³-hybridized carbons (Fsp3) is 0.667. The van der Waals surface area contributed by atoms with Crippen molar-refractivity contribution in [3.8, 4) is 0 Å². The number of carbonyl (C=O) groups excluding carboxylic acids is 2. The van der Waals surface area contributed by atoms with E-state index in [2.05, 4.69) is 25.2 Å². The monoisotopic (exact) mass is 396 g/mol. The number of likely N-dealkylation sites (N-methyl/N-ethyl adjacent to an activating group) is 1. The lowest BCUT2D eigenvalue weighted by molar-refractivity contribution is -0.138. The van der Waals surface area contributed by atoms with Crippen LogP contribution < -0.4 is 5.32 Å². The first kappa shape index (κ1) is 19.0. The van der Waals surface area contributed by atoms with Gasteiger partial charge in [0.15, 0.2) is 0 Å². The molecule has 2 amide bonds. The molecule has 5 nitrogen and oxygen atoms in total. The van der Waals surface area contributed by atoms with E-state index < -0.39 is 0 Å². The molecule has 5 heteroatoms.